The fourth-order valence-corrected chi connectivity index (χ4v) is 2.55. The van der Waals surface area contributed by atoms with Gasteiger partial charge in [0.2, 0.25) is 0 Å². The van der Waals surface area contributed by atoms with E-state index in [1.807, 2.05) is 25.1 Å². The summed E-state index contributed by atoms with van der Waals surface area (Å²) in [4.78, 5) is 11.8. The van der Waals surface area contributed by atoms with Crippen molar-refractivity contribution in [1.82, 2.24) is 5.32 Å². The lowest BCUT2D eigenvalue weighted by molar-refractivity contribution is -0.123. The van der Waals surface area contributed by atoms with Gasteiger partial charge in [0.15, 0.2) is 6.61 Å². The number of halogens is 2. The summed E-state index contributed by atoms with van der Waals surface area (Å²) in [7, 11) is 0. The van der Waals surface area contributed by atoms with Gasteiger partial charge in [0.05, 0.1) is 6.10 Å². The third-order valence-corrected chi connectivity index (χ3v) is 3.65. The SMILES string of the molecule is Cc1ccccc1OCC(=O)NCC(O)c1cc(Cl)cc(Cl)c1. The molecule has 2 rings (SSSR count). The summed E-state index contributed by atoms with van der Waals surface area (Å²) in [6.45, 7) is 1.83. The topological polar surface area (TPSA) is 58.6 Å². The number of hydrogen-bond acceptors (Lipinski definition) is 3. The second kappa shape index (κ2) is 8.20. The summed E-state index contributed by atoms with van der Waals surface area (Å²) in [6, 6.07) is 12.2. The van der Waals surface area contributed by atoms with Crippen molar-refractivity contribution in [2.75, 3.05) is 13.2 Å². The molecule has 0 aromatic heterocycles. The van der Waals surface area contributed by atoms with Gasteiger partial charge in [-0.2, -0.15) is 0 Å². The van der Waals surface area contributed by atoms with Crippen LogP contribution in [0.25, 0.3) is 0 Å². The number of amides is 1. The van der Waals surface area contributed by atoms with Crippen molar-refractivity contribution >= 4 is 29.1 Å². The van der Waals surface area contributed by atoms with Gasteiger partial charge in [0.1, 0.15) is 5.75 Å². The number of hydrogen-bond donors (Lipinski definition) is 2. The van der Waals surface area contributed by atoms with Crippen LogP contribution in [-0.2, 0) is 4.79 Å². The van der Waals surface area contributed by atoms with Gasteiger partial charge < -0.3 is 15.2 Å². The van der Waals surface area contributed by atoms with Crippen LogP contribution in [-0.4, -0.2) is 24.2 Å². The standard InChI is InChI=1S/C17H17Cl2NO3/c1-11-4-2-3-5-16(11)23-10-17(22)20-9-15(21)12-6-13(18)8-14(19)7-12/h2-8,15,21H,9-10H2,1H3,(H,20,22). The Kier molecular flexibility index (Phi) is 6.28. The van der Waals surface area contributed by atoms with Crippen LogP contribution in [0.2, 0.25) is 10.0 Å². The molecule has 0 heterocycles. The molecule has 0 aliphatic carbocycles. The highest BCUT2D eigenvalue weighted by Gasteiger charge is 2.12. The first-order valence-electron chi connectivity index (χ1n) is 7.05. The molecule has 0 aliphatic rings. The van der Waals surface area contributed by atoms with Crippen LogP contribution in [0.3, 0.4) is 0 Å². The van der Waals surface area contributed by atoms with Crippen LogP contribution in [0.5, 0.6) is 5.75 Å². The molecule has 0 spiro atoms. The number of rotatable bonds is 6. The number of benzene rings is 2. The van der Waals surface area contributed by atoms with E-state index in [-0.39, 0.29) is 19.1 Å². The highest BCUT2D eigenvalue weighted by Crippen LogP contribution is 2.23. The molecule has 2 aromatic carbocycles. The molecule has 4 nitrogen and oxygen atoms in total. The molecule has 0 fully saturated rings. The van der Waals surface area contributed by atoms with Crippen LogP contribution < -0.4 is 10.1 Å². The zero-order chi connectivity index (χ0) is 16.8. The van der Waals surface area contributed by atoms with Gasteiger partial charge in [-0.1, -0.05) is 41.4 Å². The number of aliphatic hydroxyl groups is 1. The first-order chi connectivity index (χ1) is 11.0. The molecule has 122 valence electrons. The van der Waals surface area contributed by atoms with Crippen LogP contribution in [0.15, 0.2) is 42.5 Å². The molecule has 23 heavy (non-hydrogen) atoms. The Labute approximate surface area is 145 Å². The van der Waals surface area contributed by atoms with E-state index in [0.717, 1.165) is 5.56 Å². The molecule has 2 N–H and O–H groups in total. The summed E-state index contributed by atoms with van der Waals surface area (Å²) in [5.41, 5.74) is 1.50. The molecule has 1 amide bonds. The van der Waals surface area contributed by atoms with Crippen molar-refractivity contribution in [3.8, 4) is 5.75 Å². The molecular weight excluding hydrogens is 337 g/mol. The molecule has 0 aliphatic heterocycles. The zero-order valence-electron chi connectivity index (χ0n) is 12.6. The van der Waals surface area contributed by atoms with E-state index in [1.54, 1.807) is 24.3 Å². The molecule has 0 saturated carbocycles. The lowest BCUT2D eigenvalue weighted by Crippen LogP contribution is -2.32. The summed E-state index contributed by atoms with van der Waals surface area (Å²) in [5.74, 6) is 0.338. The molecule has 2 aromatic rings. The Morgan fingerprint density at radius 1 is 1.22 bits per heavy atom. The second-order valence-electron chi connectivity index (χ2n) is 5.08. The molecule has 1 atom stereocenters. The van der Waals surface area contributed by atoms with E-state index in [9.17, 15) is 9.90 Å². The van der Waals surface area contributed by atoms with Crippen molar-refractivity contribution < 1.29 is 14.6 Å². The summed E-state index contributed by atoms with van der Waals surface area (Å²) in [6.07, 6.45) is -0.895. The number of para-hydroxylation sites is 1. The predicted molar refractivity (Wildman–Crippen MR) is 91.1 cm³/mol. The molecule has 0 saturated heterocycles. The number of aryl methyl sites for hydroxylation is 1. The normalized spacial score (nSPS) is 11.8. The molecule has 1 unspecified atom stereocenters. The minimum atomic E-state index is -0.895. The van der Waals surface area contributed by atoms with Gasteiger partial charge in [0.25, 0.3) is 5.91 Å². The average molecular weight is 354 g/mol. The minimum absolute atomic E-state index is 0.0483. The lowest BCUT2D eigenvalue weighted by Gasteiger charge is -2.14. The maximum Gasteiger partial charge on any atom is 0.258 e. The first-order valence-corrected chi connectivity index (χ1v) is 7.80. The van der Waals surface area contributed by atoms with E-state index >= 15 is 0 Å². The van der Waals surface area contributed by atoms with E-state index in [1.165, 1.54) is 0 Å². The van der Waals surface area contributed by atoms with Gasteiger partial charge in [-0.15, -0.1) is 0 Å². The number of ether oxygens (including phenoxy) is 1. The Hall–Kier alpha value is -1.75. The Morgan fingerprint density at radius 2 is 1.87 bits per heavy atom. The smallest absolute Gasteiger partial charge is 0.258 e. The predicted octanol–water partition coefficient (Wildman–Crippen LogP) is 3.53. The first kappa shape index (κ1) is 17.6. The molecule has 6 heteroatoms. The van der Waals surface area contributed by atoms with Gasteiger partial charge in [-0.3, -0.25) is 4.79 Å². The molecule has 0 radical (unpaired) electrons. The van der Waals surface area contributed by atoms with Crippen LogP contribution >= 0.6 is 23.2 Å². The summed E-state index contributed by atoms with van der Waals surface area (Å²) in [5, 5.41) is 13.5. The van der Waals surface area contributed by atoms with E-state index in [4.69, 9.17) is 27.9 Å². The lowest BCUT2D eigenvalue weighted by atomic mass is 10.1. The van der Waals surface area contributed by atoms with Gasteiger partial charge in [0, 0.05) is 16.6 Å². The van der Waals surface area contributed by atoms with Crippen LogP contribution in [0.1, 0.15) is 17.2 Å². The van der Waals surface area contributed by atoms with Crippen molar-refractivity contribution in [2.24, 2.45) is 0 Å². The summed E-state index contributed by atoms with van der Waals surface area (Å²) < 4.78 is 5.44. The number of carbonyl (C=O) groups is 1. The maximum absolute atomic E-state index is 11.8. The van der Waals surface area contributed by atoms with Crippen LogP contribution in [0, 0.1) is 6.92 Å². The van der Waals surface area contributed by atoms with Crippen molar-refractivity contribution in [2.45, 2.75) is 13.0 Å². The average Bonchev–Trinajstić information content (AvgIpc) is 2.51. The minimum Gasteiger partial charge on any atom is -0.484 e. The number of carbonyl (C=O) groups excluding carboxylic acids is 1. The molecular formula is C17H17Cl2NO3. The van der Waals surface area contributed by atoms with Gasteiger partial charge >= 0.3 is 0 Å². The van der Waals surface area contributed by atoms with Crippen molar-refractivity contribution in [3.05, 3.63) is 63.6 Å². The highest BCUT2D eigenvalue weighted by atomic mass is 35.5. The maximum atomic E-state index is 11.8. The van der Waals surface area contributed by atoms with Crippen molar-refractivity contribution in [1.29, 1.82) is 0 Å². The zero-order valence-corrected chi connectivity index (χ0v) is 14.1. The second-order valence-corrected chi connectivity index (χ2v) is 5.95. The number of nitrogens with one attached hydrogen (secondary N) is 1. The summed E-state index contributed by atoms with van der Waals surface area (Å²) >= 11 is 11.8. The van der Waals surface area contributed by atoms with E-state index in [2.05, 4.69) is 5.32 Å². The van der Waals surface area contributed by atoms with Crippen molar-refractivity contribution in [3.63, 3.8) is 0 Å². The third-order valence-electron chi connectivity index (χ3n) is 3.21. The monoisotopic (exact) mass is 353 g/mol. The van der Waals surface area contributed by atoms with E-state index < -0.39 is 6.10 Å². The van der Waals surface area contributed by atoms with Gasteiger partial charge in [-0.05, 0) is 42.3 Å². The fourth-order valence-electron chi connectivity index (χ4n) is 2.01. The fraction of sp³-hybridized carbons (Fsp3) is 0.235. The largest absolute Gasteiger partial charge is 0.484 e. The Morgan fingerprint density at radius 3 is 2.52 bits per heavy atom. The van der Waals surface area contributed by atoms with Gasteiger partial charge in [-0.25, -0.2) is 0 Å². The highest BCUT2D eigenvalue weighted by molar-refractivity contribution is 6.34. The number of aliphatic hydroxyl groups excluding tert-OH is 1. The third kappa shape index (κ3) is 5.43. The molecule has 0 bridgehead atoms. The van der Waals surface area contributed by atoms with E-state index in [0.29, 0.717) is 21.4 Å². The van der Waals surface area contributed by atoms with Crippen LogP contribution in [0.4, 0.5) is 0 Å². The Bertz CT molecular complexity index is 671. The Balaban J connectivity index is 1.83. The quantitative estimate of drug-likeness (QED) is 0.834.